The van der Waals surface area contributed by atoms with Crippen molar-refractivity contribution in [3.8, 4) is 0 Å². The molecule has 1 aromatic heterocycles. The van der Waals surface area contributed by atoms with Crippen molar-refractivity contribution in [1.29, 1.82) is 0 Å². The van der Waals surface area contributed by atoms with Gasteiger partial charge in [-0.05, 0) is 49.0 Å². The van der Waals surface area contributed by atoms with Crippen molar-refractivity contribution in [3.63, 3.8) is 0 Å². The summed E-state index contributed by atoms with van der Waals surface area (Å²) in [6, 6.07) is 7.75. The fraction of sp³-hybridized carbons (Fsp3) is 0.526. The molecule has 7 heteroatoms. The molecule has 2 fully saturated rings. The van der Waals surface area contributed by atoms with Gasteiger partial charge in [0.25, 0.3) is 0 Å². The van der Waals surface area contributed by atoms with Crippen molar-refractivity contribution in [3.05, 3.63) is 46.6 Å². The maximum Gasteiger partial charge on any atom is 0.230 e. The van der Waals surface area contributed by atoms with Crippen molar-refractivity contribution >= 4 is 17.5 Å². The molecule has 0 saturated carbocycles. The molecule has 0 atom stereocenters. The van der Waals surface area contributed by atoms with E-state index in [1.54, 1.807) is 6.92 Å². The van der Waals surface area contributed by atoms with Crippen LogP contribution in [0.3, 0.4) is 0 Å². The van der Waals surface area contributed by atoms with Gasteiger partial charge < -0.3 is 9.32 Å². The Morgan fingerprint density at radius 1 is 1.15 bits per heavy atom. The van der Waals surface area contributed by atoms with Crippen molar-refractivity contribution < 1.29 is 9.21 Å². The lowest BCUT2D eigenvalue weighted by Crippen LogP contribution is -2.41. The summed E-state index contributed by atoms with van der Waals surface area (Å²) in [5.41, 5.74) is 1.24. The lowest BCUT2D eigenvalue weighted by atomic mass is 9.77. The Hall–Kier alpha value is -1.92. The van der Waals surface area contributed by atoms with E-state index in [1.807, 2.05) is 29.2 Å². The number of likely N-dealkylation sites (tertiary alicyclic amines) is 2. The van der Waals surface area contributed by atoms with E-state index in [0.717, 1.165) is 43.1 Å². The zero-order valence-corrected chi connectivity index (χ0v) is 15.7. The summed E-state index contributed by atoms with van der Waals surface area (Å²) in [4.78, 5) is 16.9. The van der Waals surface area contributed by atoms with E-state index in [4.69, 9.17) is 16.0 Å². The second-order valence-corrected chi connectivity index (χ2v) is 7.98. The molecule has 2 aromatic rings. The van der Waals surface area contributed by atoms with E-state index in [0.29, 0.717) is 31.3 Å². The number of carbonyl (C=O) groups is 1. The summed E-state index contributed by atoms with van der Waals surface area (Å²) in [7, 11) is 0. The van der Waals surface area contributed by atoms with Crippen LogP contribution in [0.15, 0.2) is 28.7 Å². The highest BCUT2D eigenvalue weighted by atomic mass is 35.5. The first-order valence-corrected chi connectivity index (χ1v) is 9.43. The summed E-state index contributed by atoms with van der Waals surface area (Å²) in [6.45, 7) is 5.94. The molecule has 138 valence electrons. The molecular formula is C19H23ClN4O2. The number of carbonyl (C=O) groups excluding carboxylic acids is 1. The quantitative estimate of drug-likeness (QED) is 0.823. The monoisotopic (exact) mass is 374 g/mol. The summed E-state index contributed by atoms with van der Waals surface area (Å²) in [5.74, 6) is 1.54. The van der Waals surface area contributed by atoms with Crippen LogP contribution in [0.25, 0.3) is 0 Å². The van der Waals surface area contributed by atoms with Crippen LogP contribution in [-0.2, 0) is 17.9 Å². The number of rotatable bonds is 4. The Morgan fingerprint density at radius 3 is 2.54 bits per heavy atom. The van der Waals surface area contributed by atoms with Gasteiger partial charge in [-0.25, -0.2) is 0 Å². The van der Waals surface area contributed by atoms with Crippen LogP contribution in [0.2, 0.25) is 5.02 Å². The largest absolute Gasteiger partial charge is 0.424 e. The smallest absolute Gasteiger partial charge is 0.230 e. The zero-order valence-electron chi connectivity index (χ0n) is 14.9. The van der Waals surface area contributed by atoms with Gasteiger partial charge in [0.05, 0.1) is 6.54 Å². The maximum atomic E-state index is 12.5. The van der Waals surface area contributed by atoms with E-state index in [1.165, 1.54) is 0 Å². The van der Waals surface area contributed by atoms with Crippen LogP contribution < -0.4 is 0 Å². The molecule has 0 radical (unpaired) electrons. The van der Waals surface area contributed by atoms with Gasteiger partial charge in [-0.1, -0.05) is 23.7 Å². The number of halogens is 1. The van der Waals surface area contributed by atoms with E-state index in [2.05, 4.69) is 15.1 Å². The molecule has 0 aliphatic carbocycles. The molecule has 1 amide bonds. The Kier molecular flexibility index (Phi) is 4.71. The number of amides is 1. The zero-order chi connectivity index (χ0) is 18.1. The van der Waals surface area contributed by atoms with E-state index >= 15 is 0 Å². The number of piperidine rings is 1. The summed E-state index contributed by atoms with van der Waals surface area (Å²) in [5, 5.41) is 8.69. The van der Waals surface area contributed by atoms with Gasteiger partial charge in [0.15, 0.2) is 0 Å². The third-order valence-electron chi connectivity index (χ3n) is 5.54. The van der Waals surface area contributed by atoms with E-state index in [-0.39, 0.29) is 11.3 Å². The van der Waals surface area contributed by atoms with Gasteiger partial charge in [-0.3, -0.25) is 9.69 Å². The van der Waals surface area contributed by atoms with E-state index < -0.39 is 0 Å². The van der Waals surface area contributed by atoms with Crippen LogP contribution in [0, 0.1) is 12.3 Å². The molecule has 4 rings (SSSR count). The molecular weight excluding hydrogens is 352 g/mol. The number of benzene rings is 1. The molecule has 0 bridgehead atoms. The van der Waals surface area contributed by atoms with Gasteiger partial charge in [0, 0.05) is 31.5 Å². The lowest BCUT2D eigenvalue weighted by Gasteiger charge is -2.38. The highest BCUT2D eigenvalue weighted by molar-refractivity contribution is 6.30. The molecule has 2 aliphatic rings. The second-order valence-electron chi connectivity index (χ2n) is 7.54. The van der Waals surface area contributed by atoms with Crippen molar-refractivity contribution in [1.82, 2.24) is 20.0 Å². The van der Waals surface area contributed by atoms with Gasteiger partial charge in [-0.2, -0.15) is 0 Å². The highest BCUT2D eigenvalue weighted by Gasteiger charge is 2.44. The fourth-order valence-electron chi connectivity index (χ4n) is 4.05. The second kappa shape index (κ2) is 7.00. The van der Waals surface area contributed by atoms with Gasteiger partial charge in [0.1, 0.15) is 0 Å². The molecule has 3 heterocycles. The topological polar surface area (TPSA) is 62.5 Å². The standard InChI is InChI=1S/C19H23ClN4O2/c1-14-21-22-17(26-14)12-23-8-6-19(7-9-23)10-18(25)24(13-19)11-15-2-4-16(20)5-3-15/h2-5H,6-13H2,1H3. The third-order valence-corrected chi connectivity index (χ3v) is 5.79. The van der Waals surface area contributed by atoms with Gasteiger partial charge >= 0.3 is 0 Å². The number of aryl methyl sites for hydroxylation is 1. The minimum Gasteiger partial charge on any atom is -0.424 e. The molecule has 2 saturated heterocycles. The molecule has 6 nitrogen and oxygen atoms in total. The lowest BCUT2D eigenvalue weighted by molar-refractivity contribution is -0.128. The maximum absolute atomic E-state index is 12.5. The predicted molar refractivity (Wildman–Crippen MR) is 97.5 cm³/mol. The first-order chi connectivity index (χ1) is 12.5. The Morgan fingerprint density at radius 2 is 1.88 bits per heavy atom. The first-order valence-electron chi connectivity index (χ1n) is 9.05. The van der Waals surface area contributed by atoms with Crippen LogP contribution in [0.5, 0.6) is 0 Å². The average molecular weight is 375 g/mol. The van der Waals surface area contributed by atoms with Crippen LogP contribution >= 0.6 is 11.6 Å². The minimum atomic E-state index is 0.116. The Bertz CT molecular complexity index is 781. The number of nitrogens with zero attached hydrogens (tertiary/aromatic N) is 4. The SMILES string of the molecule is Cc1nnc(CN2CCC3(CC2)CC(=O)N(Cc2ccc(Cl)cc2)C3)o1. The normalized spacial score (nSPS) is 20.2. The van der Waals surface area contributed by atoms with Crippen LogP contribution in [0.1, 0.15) is 36.6 Å². The number of aromatic nitrogens is 2. The highest BCUT2D eigenvalue weighted by Crippen LogP contribution is 2.41. The molecule has 0 unspecified atom stereocenters. The van der Waals surface area contributed by atoms with Crippen LogP contribution in [-0.4, -0.2) is 45.5 Å². The molecule has 26 heavy (non-hydrogen) atoms. The molecule has 2 aliphatic heterocycles. The molecule has 0 N–H and O–H groups in total. The average Bonchev–Trinajstić information content (AvgIpc) is 3.16. The van der Waals surface area contributed by atoms with E-state index in [9.17, 15) is 4.79 Å². The predicted octanol–water partition coefficient (Wildman–Crippen LogP) is 3.05. The van der Waals surface area contributed by atoms with Crippen LogP contribution in [0.4, 0.5) is 0 Å². The number of hydrogen-bond donors (Lipinski definition) is 0. The number of hydrogen-bond acceptors (Lipinski definition) is 5. The summed E-state index contributed by atoms with van der Waals surface area (Å²) >= 11 is 5.95. The van der Waals surface area contributed by atoms with Crippen molar-refractivity contribution in [2.45, 2.75) is 39.3 Å². The Balaban J connectivity index is 1.34. The van der Waals surface area contributed by atoms with Gasteiger partial charge in [-0.15, -0.1) is 10.2 Å². The van der Waals surface area contributed by atoms with Gasteiger partial charge in [0.2, 0.25) is 17.7 Å². The Labute approximate surface area is 158 Å². The van der Waals surface area contributed by atoms with Crippen molar-refractivity contribution in [2.24, 2.45) is 5.41 Å². The summed E-state index contributed by atoms with van der Waals surface area (Å²) in [6.07, 6.45) is 2.72. The third kappa shape index (κ3) is 3.76. The molecule has 1 spiro atoms. The fourth-order valence-corrected chi connectivity index (χ4v) is 4.17. The molecule has 1 aromatic carbocycles. The van der Waals surface area contributed by atoms with Crippen molar-refractivity contribution in [2.75, 3.05) is 19.6 Å². The summed E-state index contributed by atoms with van der Waals surface area (Å²) < 4.78 is 5.48. The first kappa shape index (κ1) is 17.5. The minimum absolute atomic E-state index is 0.116.